The summed E-state index contributed by atoms with van der Waals surface area (Å²) in [7, 11) is -1.52. The molecule has 9 atom stereocenters. The Balaban J connectivity index is 0.000000188. The molecule has 2 aliphatic carbocycles. The van der Waals surface area contributed by atoms with Gasteiger partial charge in [-0.2, -0.15) is 5.26 Å². The fourth-order valence-electron chi connectivity index (χ4n) is 8.63. The lowest BCUT2D eigenvalue weighted by atomic mass is 9.83. The largest absolute Gasteiger partial charge is 0.387 e. The third-order valence-electron chi connectivity index (χ3n) is 12.5. The second kappa shape index (κ2) is 14.4. The third kappa shape index (κ3) is 6.61. The number of rotatable bonds is 12. The van der Waals surface area contributed by atoms with E-state index in [1.165, 1.54) is 21.5 Å². The fourth-order valence-corrected chi connectivity index (χ4v) is 10.4. The van der Waals surface area contributed by atoms with Gasteiger partial charge < -0.3 is 33.1 Å². The second-order valence-corrected chi connectivity index (χ2v) is 18.3. The number of fused-ring (bicyclic) bond motifs is 4. The van der Waals surface area contributed by atoms with Crippen molar-refractivity contribution in [2.75, 3.05) is 19.8 Å². The standard InChI is InChI=1S/C23H35N4O6P.C14H18N2O5/c1-14(2)27(15(3)4)34(31-11-7-10-24)33-18-17-20(26-12-16(5)19(28)25-21(26)29)32-23(18,13-30-17)22(6)8-9-22;1-7-5-16(12(19)15-10(7)18)11-8-9(17)14(21-11,6-20-8)13(2)3-4-13/h12,14-15,17-18,20H,7-9,11,13H2,1-6H3,(H,25,28,29);5,8-9,11,17H,3-4,6H2,1-2H3,(H,15,18,19)/t17-,18?,20+,23-,34?;8-,9?,11+,14-/m00/s1. The van der Waals surface area contributed by atoms with Crippen molar-refractivity contribution in [1.82, 2.24) is 23.8 Å². The molecule has 3 unspecified atom stereocenters. The van der Waals surface area contributed by atoms with Crippen molar-refractivity contribution in [2.45, 2.75) is 148 Å². The summed E-state index contributed by atoms with van der Waals surface area (Å²) in [5, 5.41) is 19.6. The van der Waals surface area contributed by atoms with E-state index in [1.807, 2.05) is 0 Å². The molecule has 8 rings (SSSR count). The second-order valence-electron chi connectivity index (χ2n) is 16.9. The predicted octanol–water partition coefficient (Wildman–Crippen LogP) is 2.65. The molecule has 302 valence electrons. The zero-order chi connectivity index (χ0) is 39.8. The Kier molecular flexibility index (Phi) is 10.5. The Morgan fingerprint density at radius 2 is 1.35 bits per heavy atom. The zero-order valence-corrected chi connectivity index (χ0v) is 33.6. The molecule has 17 nitrogen and oxygen atoms in total. The molecular formula is C37H53N6O11P. The predicted molar refractivity (Wildman–Crippen MR) is 198 cm³/mol. The highest BCUT2D eigenvalue weighted by molar-refractivity contribution is 7.44. The first-order valence-corrected chi connectivity index (χ1v) is 20.2. The zero-order valence-electron chi connectivity index (χ0n) is 32.7. The van der Waals surface area contributed by atoms with E-state index in [9.17, 15) is 24.3 Å². The maximum absolute atomic E-state index is 12.7. The van der Waals surface area contributed by atoms with Crippen LogP contribution in [0.3, 0.4) is 0 Å². The van der Waals surface area contributed by atoms with E-state index >= 15 is 0 Å². The summed E-state index contributed by atoms with van der Waals surface area (Å²) in [6.45, 7) is 16.9. The number of aromatic amines is 2. The summed E-state index contributed by atoms with van der Waals surface area (Å²) in [5.74, 6) is 0. The number of ether oxygens (including phenoxy) is 4. The molecule has 4 saturated heterocycles. The highest BCUT2D eigenvalue weighted by Gasteiger charge is 2.74. The number of nitrogens with zero attached hydrogens (tertiary/aromatic N) is 4. The van der Waals surface area contributed by atoms with Crippen molar-refractivity contribution >= 4 is 8.53 Å². The maximum Gasteiger partial charge on any atom is 0.330 e. The van der Waals surface area contributed by atoms with Gasteiger partial charge in [-0.15, -0.1) is 0 Å². The van der Waals surface area contributed by atoms with Gasteiger partial charge in [-0.05, 0) is 67.2 Å². The van der Waals surface area contributed by atoms with Crippen LogP contribution in [0.4, 0.5) is 0 Å². The third-order valence-corrected chi connectivity index (χ3v) is 14.6. The van der Waals surface area contributed by atoms with Crippen LogP contribution in [0.2, 0.25) is 0 Å². The summed E-state index contributed by atoms with van der Waals surface area (Å²) >= 11 is 0. The Labute approximate surface area is 319 Å². The summed E-state index contributed by atoms with van der Waals surface area (Å²) in [4.78, 5) is 52.7. The highest BCUT2D eigenvalue weighted by Crippen LogP contribution is 2.67. The van der Waals surface area contributed by atoms with E-state index in [-0.39, 0.29) is 35.9 Å². The molecule has 2 aromatic heterocycles. The van der Waals surface area contributed by atoms with Gasteiger partial charge in [-0.1, -0.05) is 13.8 Å². The van der Waals surface area contributed by atoms with Crippen LogP contribution < -0.4 is 22.5 Å². The number of aromatic nitrogens is 4. The van der Waals surface area contributed by atoms with Crippen molar-refractivity contribution in [2.24, 2.45) is 10.8 Å². The molecule has 0 amide bonds. The van der Waals surface area contributed by atoms with E-state index in [4.69, 9.17) is 33.3 Å². The molecule has 0 aromatic carbocycles. The quantitative estimate of drug-likeness (QED) is 0.209. The van der Waals surface area contributed by atoms with Crippen LogP contribution in [0.5, 0.6) is 0 Å². The van der Waals surface area contributed by atoms with Crippen molar-refractivity contribution in [3.05, 3.63) is 65.2 Å². The Hall–Kier alpha value is -3.04. The number of nitrogens with one attached hydrogen (secondary N) is 2. The van der Waals surface area contributed by atoms with Gasteiger partial charge in [0, 0.05) is 46.4 Å². The number of hydrogen-bond donors (Lipinski definition) is 3. The topological polar surface area (TPSA) is 212 Å². The molecule has 3 N–H and O–H groups in total. The monoisotopic (exact) mass is 788 g/mol. The van der Waals surface area contributed by atoms with E-state index in [2.05, 4.69) is 62.3 Å². The molecule has 4 bridgehead atoms. The van der Waals surface area contributed by atoms with Crippen LogP contribution in [0.1, 0.15) is 97.2 Å². The number of aliphatic hydroxyl groups is 1. The van der Waals surface area contributed by atoms with Crippen LogP contribution in [-0.2, 0) is 28.0 Å². The Morgan fingerprint density at radius 1 is 0.873 bits per heavy atom. The first-order chi connectivity index (χ1) is 25.9. The van der Waals surface area contributed by atoms with Crippen LogP contribution in [0, 0.1) is 36.0 Å². The maximum atomic E-state index is 12.7. The van der Waals surface area contributed by atoms with Gasteiger partial charge in [0.25, 0.3) is 19.6 Å². The summed E-state index contributed by atoms with van der Waals surface area (Å²) in [5.41, 5.74) is -2.79. The van der Waals surface area contributed by atoms with Gasteiger partial charge in [0.15, 0.2) is 12.5 Å². The van der Waals surface area contributed by atoms with Crippen LogP contribution in [0.25, 0.3) is 0 Å². The highest BCUT2D eigenvalue weighted by atomic mass is 31.2. The molecule has 6 heterocycles. The van der Waals surface area contributed by atoms with Gasteiger partial charge in [0.05, 0.1) is 32.3 Å². The molecule has 2 aromatic rings. The van der Waals surface area contributed by atoms with Crippen molar-refractivity contribution < 1.29 is 33.1 Å². The van der Waals surface area contributed by atoms with Crippen LogP contribution >= 0.6 is 8.53 Å². The molecule has 55 heavy (non-hydrogen) atoms. The number of aryl methyl sites for hydroxylation is 2. The average Bonchev–Trinajstić information content (AvgIpc) is 3.94. The van der Waals surface area contributed by atoms with Crippen LogP contribution in [0.15, 0.2) is 31.6 Å². The SMILES string of the molecule is Cc1cn([C@@H]2O[C@@]3(C4(C)CC4)CO[C@H]2C3O)c(=O)[nH]c1=O.Cc1cn([C@@H]2O[C@@]3(C4(C)CC4)CO[C@H]2C3OP(OCCC#N)N(C(C)C)C(C)C)c(=O)[nH]c1=O. The van der Waals surface area contributed by atoms with E-state index in [1.54, 1.807) is 13.8 Å². The van der Waals surface area contributed by atoms with Gasteiger partial charge in [0.2, 0.25) is 0 Å². The number of nitriles is 1. The Bertz CT molecular complexity index is 2060. The average molecular weight is 789 g/mol. The van der Waals surface area contributed by atoms with E-state index < -0.39 is 79.1 Å². The molecule has 4 aliphatic heterocycles. The first kappa shape index (κ1) is 40.2. The molecule has 18 heteroatoms. The molecular weight excluding hydrogens is 735 g/mol. The van der Waals surface area contributed by atoms with Gasteiger partial charge >= 0.3 is 11.4 Å². The van der Waals surface area contributed by atoms with Gasteiger partial charge in [-0.25, -0.2) is 14.3 Å². The lowest BCUT2D eigenvalue weighted by Crippen LogP contribution is -2.49. The lowest BCUT2D eigenvalue weighted by molar-refractivity contribution is -0.199. The molecule has 0 radical (unpaired) electrons. The summed E-state index contributed by atoms with van der Waals surface area (Å²) < 4.78 is 42.5. The molecule has 6 aliphatic rings. The smallest absolute Gasteiger partial charge is 0.330 e. The van der Waals surface area contributed by atoms with Crippen molar-refractivity contribution in [1.29, 1.82) is 5.26 Å². The van der Waals surface area contributed by atoms with Crippen LogP contribution in [-0.4, -0.2) is 96.4 Å². The number of hydrogen-bond acceptors (Lipinski definition) is 13. The molecule has 6 fully saturated rings. The van der Waals surface area contributed by atoms with Crippen molar-refractivity contribution in [3.63, 3.8) is 0 Å². The van der Waals surface area contributed by atoms with E-state index in [0.717, 1.165) is 25.7 Å². The number of aliphatic hydroxyl groups excluding tert-OH is 1. The summed E-state index contributed by atoms with van der Waals surface area (Å²) in [6, 6.07) is 2.43. The van der Waals surface area contributed by atoms with Crippen molar-refractivity contribution in [3.8, 4) is 6.07 Å². The number of H-pyrrole nitrogens is 2. The first-order valence-electron chi connectivity index (χ1n) is 19.1. The fraction of sp³-hybridized carbons (Fsp3) is 0.757. The van der Waals surface area contributed by atoms with E-state index in [0.29, 0.717) is 24.3 Å². The minimum Gasteiger partial charge on any atom is -0.387 e. The Morgan fingerprint density at radius 3 is 1.85 bits per heavy atom. The minimum absolute atomic E-state index is 0.100. The normalized spacial score (nSPS) is 33.9. The molecule has 2 saturated carbocycles. The summed E-state index contributed by atoms with van der Waals surface area (Å²) in [6.07, 6.45) is 3.41. The van der Waals surface area contributed by atoms with Gasteiger partial charge in [0.1, 0.15) is 35.6 Å². The minimum atomic E-state index is -1.52. The van der Waals surface area contributed by atoms with Gasteiger partial charge in [-0.3, -0.25) is 28.7 Å². The lowest BCUT2D eigenvalue weighted by Gasteiger charge is -2.40. The molecule has 0 spiro atoms.